The molecule has 8 heteroatoms. The molecule has 3 aliphatic rings. The average molecular weight is 335 g/mol. The molecule has 1 N–H and O–H groups in total. The number of alkyl carbamates (subject to hydrolysis) is 1. The first-order valence-corrected chi connectivity index (χ1v) is 9.20. The number of rotatable bonds is 5. The van der Waals surface area contributed by atoms with Crippen LogP contribution in [0.5, 0.6) is 0 Å². The summed E-state index contributed by atoms with van der Waals surface area (Å²) in [5, 5.41) is 2.73. The molecule has 2 bridgehead atoms. The van der Waals surface area contributed by atoms with Gasteiger partial charge in [-0.3, -0.25) is 4.18 Å². The monoisotopic (exact) mass is 335 g/mol. The van der Waals surface area contributed by atoms with Crippen LogP contribution in [0.1, 0.15) is 40.0 Å². The lowest BCUT2D eigenvalue weighted by Gasteiger charge is -2.59. The van der Waals surface area contributed by atoms with E-state index in [1.54, 1.807) is 20.8 Å². The first kappa shape index (κ1) is 17.5. The van der Waals surface area contributed by atoms with Gasteiger partial charge in [0.15, 0.2) is 0 Å². The molecule has 128 valence electrons. The van der Waals surface area contributed by atoms with Crippen molar-refractivity contribution < 1.29 is 26.9 Å². The molecule has 7 nitrogen and oxygen atoms in total. The highest BCUT2D eigenvalue weighted by Gasteiger charge is 2.59. The number of carbonyl (C=O) groups excluding carboxylic acids is 1. The van der Waals surface area contributed by atoms with Crippen molar-refractivity contribution in [2.45, 2.75) is 51.2 Å². The Morgan fingerprint density at radius 1 is 1.32 bits per heavy atom. The van der Waals surface area contributed by atoms with Crippen LogP contribution in [0.4, 0.5) is 4.79 Å². The van der Waals surface area contributed by atoms with Gasteiger partial charge in [-0.1, -0.05) is 0 Å². The van der Waals surface area contributed by atoms with E-state index >= 15 is 0 Å². The number of nitrogens with one attached hydrogen (secondary N) is 1. The SMILES string of the molecule is CC(C)(C)OC(=O)NCC12CC(COS(C)(=O)=O)(CCO1)C2. The summed E-state index contributed by atoms with van der Waals surface area (Å²) in [6, 6.07) is 0. The fourth-order valence-corrected chi connectivity index (χ4v) is 3.67. The minimum absolute atomic E-state index is 0.156. The number of carbonyl (C=O) groups is 1. The van der Waals surface area contributed by atoms with Crippen LogP contribution >= 0.6 is 0 Å². The molecule has 1 amide bonds. The molecule has 0 atom stereocenters. The van der Waals surface area contributed by atoms with Gasteiger partial charge in [0, 0.05) is 18.6 Å². The number of fused-ring (bicyclic) bond motifs is 2. The smallest absolute Gasteiger partial charge is 0.407 e. The predicted octanol–water partition coefficient (Wildman–Crippen LogP) is 1.43. The highest BCUT2D eigenvalue weighted by Crippen LogP contribution is 2.56. The van der Waals surface area contributed by atoms with Crippen molar-refractivity contribution >= 4 is 16.2 Å². The number of ether oxygens (including phenoxy) is 2. The van der Waals surface area contributed by atoms with Gasteiger partial charge in [0.25, 0.3) is 10.1 Å². The third-order valence-corrected chi connectivity index (χ3v) is 4.51. The minimum atomic E-state index is -3.43. The van der Waals surface area contributed by atoms with Crippen molar-refractivity contribution in [1.82, 2.24) is 5.32 Å². The molecule has 2 heterocycles. The zero-order chi connectivity index (χ0) is 16.6. The van der Waals surface area contributed by atoms with Crippen LogP contribution in [0, 0.1) is 5.41 Å². The largest absolute Gasteiger partial charge is 0.444 e. The van der Waals surface area contributed by atoms with Crippen LogP contribution in [0.3, 0.4) is 0 Å². The van der Waals surface area contributed by atoms with E-state index in [0.29, 0.717) is 26.0 Å². The Hall–Kier alpha value is -0.860. The third kappa shape index (κ3) is 4.57. The van der Waals surface area contributed by atoms with Gasteiger partial charge in [0.05, 0.1) is 18.5 Å². The Morgan fingerprint density at radius 3 is 2.50 bits per heavy atom. The Bertz CT molecular complexity index is 530. The zero-order valence-electron chi connectivity index (χ0n) is 13.6. The van der Waals surface area contributed by atoms with Crippen molar-refractivity contribution in [3.8, 4) is 0 Å². The standard InChI is InChI=1S/C14H25NO6S/c1-12(2,3)21-11(16)15-9-14-7-13(8-14,5-6-19-14)10-20-22(4,17)18/h5-10H2,1-4H3,(H,15,16). The van der Waals surface area contributed by atoms with Gasteiger partial charge < -0.3 is 14.8 Å². The highest BCUT2D eigenvalue weighted by molar-refractivity contribution is 7.85. The van der Waals surface area contributed by atoms with Gasteiger partial charge in [-0.25, -0.2) is 4.79 Å². The van der Waals surface area contributed by atoms with E-state index in [1.165, 1.54) is 0 Å². The van der Waals surface area contributed by atoms with E-state index in [1.807, 2.05) is 0 Å². The summed E-state index contributed by atoms with van der Waals surface area (Å²) in [6.45, 7) is 6.51. The molecule has 2 saturated heterocycles. The van der Waals surface area contributed by atoms with Crippen LogP contribution < -0.4 is 5.32 Å². The lowest BCUT2D eigenvalue weighted by Crippen LogP contribution is -2.64. The van der Waals surface area contributed by atoms with Gasteiger partial charge in [-0.2, -0.15) is 8.42 Å². The molecule has 1 saturated carbocycles. The lowest BCUT2D eigenvalue weighted by molar-refractivity contribution is -0.229. The second kappa shape index (κ2) is 5.65. The third-order valence-electron chi connectivity index (χ3n) is 3.97. The van der Waals surface area contributed by atoms with Gasteiger partial charge >= 0.3 is 6.09 Å². The molecule has 0 spiro atoms. The van der Waals surface area contributed by atoms with Crippen molar-refractivity contribution in [3.63, 3.8) is 0 Å². The summed E-state index contributed by atoms with van der Waals surface area (Å²) >= 11 is 0. The fourth-order valence-electron chi connectivity index (χ4n) is 3.21. The van der Waals surface area contributed by atoms with Gasteiger partial charge in [-0.15, -0.1) is 0 Å². The van der Waals surface area contributed by atoms with Crippen LogP contribution in [-0.4, -0.2) is 51.7 Å². The maximum atomic E-state index is 11.7. The summed E-state index contributed by atoms with van der Waals surface area (Å²) in [5.41, 5.74) is -1.12. The Morgan fingerprint density at radius 2 is 1.95 bits per heavy atom. The normalized spacial score (nSPS) is 31.3. The summed E-state index contributed by atoms with van der Waals surface area (Å²) in [5.74, 6) is 0. The van der Waals surface area contributed by atoms with Crippen molar-refractivity contribution in [3.05, 3.63) is 0 Å². The van der Waals surface area contributed by atoms with E-state index in [-0.39, 0.29) is 12.0 Å². The second-order valence-corrected chi connectivity index (χ2v) is 9.10. The molecule has 3 fully saturated rings. The summed E-state index contributed by atoms with van der Waals surface area (Å²) in [6.07, 6.45) is 2.73. The summed E-state index contributed by atoms with van der Waals surface area (Å²) in [4.78, 5) is 11.7. The lowest BCUT2D eigenvalue weighted by atomic mass is 9.56. The molecule has 0 aromatic heterocycles. The molecule has 22 heavy (non-hydrogen) atoms. The van der Waals surface area contributed by atoms with Crippen molar-refractivity contribution in [2.24, 2.45) is 5.41 Å². The average Bonchev–Trinajstić information content (AvgIpc) is 2.31. The van der Waals surface area contributed by atoms with Gasteiger partial charge in [-0.05, 0) is 40.0 Å². The molecular formula is C14H25NO6S. The topological polar surface area (TPSA) is 90.9 Å². The van der Waals surface area contributed by atoms with E-state index in [2.05, 4.69) is 5.32 Å². The van der Waals surface area contributed by atoms with Gasteiger partial charge in [0.1, 0.15) is 5.60 Å². The van der Waals surface area contributed by atoms with Crippen LogP contribution in [0.2, 0.25) is 0 Å². The first-order chi connectivity index (χ1) is 9.93. The number of hydrogen-bond donors (Lipinski definition) is 1. The molecular weight excluding hydrogens is 310 g/mol. The second-order valence-electron chi connectivity index (χ2n) is 7.46. The molecule has 3 rings (SSSR count). The minimum Gasteiger partial charge on any atom is -0.444 e. The molecule has 1 aliphatic carbocycles. The van der Waals surface area contributed by atoms with Gasteiger partial charge in [0.2, 0.25) is 0 Å². The Balaban J connectivity index is 1.83. The molecule has 0 unspecified atom stereocenters. The summed E-state index contributed by atoms with van der Waals surface area (Å²) in [7, 11) is -3.43. The van der Waals surface area contributed by atoms with Crippen molar-refractivity contribution in [2.75, 3.05) is 26.0 Å². The maximum absolute atomic E-state index is 11.7. The fraction of sp³-hybridized carbons (Fsp3) is 0.929. The Kier molecular flexibility index (Phi) is 4.49. The van der Waals surface area contributed by atoms with E-state index in [9.17, 15) is 13.2 Å². The Labute approximate surface area is 131 Å². The molecule has 0 radical (unpaired) electrons. The van der Waals surface area contributed by atoms with E-state index in [4.69, 9.17) is 13.7 Å². The van der Waals surface area contributed by atoms with Crippen LogP contribution in [-0.2, 0) is 23.8 Å². The number of hydrogen-bond acceptors (Lipinski definition) is 6. The molecule has 2 aliphatic heterocycles. The van der Waals surface area contributed by atoms with Crippen LogP contribution in [0.25, 0.3) is 0 Å². The van der Waals surface area contributed by atoms with Crippen molar-refractivity contribution in [1.29, 1.82) is 0 Å². The maximum Gasteiger partial charge on any atom is 0.407 e. The van der Waals surface area contributed by atoms with Crippen LogP contribution in [0.15, 0.2) is 0 Å². The van der Waals surface area contributed by atoms with E-state index in [0.717, 1.165) is 12.7 Å². The summed E-state index contributed by atoms with van der Waals surface area (Å²) < 4.78 is 38.2. The predicted molar refractivity (Wildman–Crippen MR) is 80.0 cm³/mol. The highest BCUT2D eigenvalue weighted by atomic mass is 32.2. The molecule has 0 aromatic rings. The zero-order valence-corrected chi connectivity index (χ0v) is 14.4. The first-order valence-electron chi connectivity index (χ1n) is 7.38. The quantitative estimate of drug-likeness (QED) is 0.764. The van der Waals surface area contributed by atoms with E-state index < -0.39 is 27.4 Å². The molecule has 0 aromatic carbocycles. The number of amides is 1.